The smallest absolute Gasteiger partial charge is 0.132 e. The molecule has 1 heterocycles. The number of hydrogen-bond donors (Lipinski definition) is 3. The number of rotatable bonds is 8. The fourth-order valence-electron chi connectivity index (χ4n) is 3.33. The molecule has 1 aliphatic rings. The van der Waals surface area contributed by atoms with Crippen LogP contribution in [0.1, 0.15) is 39.0 Å². The van der Waals surface area contributed by atoms with Crippen molar-refractivity contribution in [2.24, 2.45) is 0 Å². The van der Waals surface area contributed by atoms with Crippen LogP contribution in [0.25, 0.3) is 0 Å². The summed E-state index contributed by atoms with van der Waals surface area (Å²) in [5.74, 6) is 0. The summed E-state index contributed by atoms with van der Waals surface area (Å²) in [6.07, 6.45) is 5.84. The van der Waals surface area contributed by atoms with Crippen LogP contribution in [0.4, 0.5) is 5.69 Å². The minimum atomic E-state index is -0.121. The quantitative estimate of drug-likeness (QED) is 0.377. The van der Waals surface area contributed by atoms with Gasteiger partial charge in [0, 0.05) is 17.2 Å². The van der Waals surface area contributed by atoms with Gasteiger partial charge in [0.1, 0.15) is 44.5 Å². The highest BCUT2D eigenvalue weighted by atomic mass is 35.5. The van der Waals surface area contributed by atoms with Crippen molar-refractivity contribution in [1.82, 2.24) is 0 Å². The number of halogens is 3. The Bertz CT molecular complexity index is 423. The molecule has 1 fully saturated rings. The molecule has 1 aromatic carbocycles. The summed E-state index contributed by atoms with van der Waals surface area (Å²) >= 11 is 5.95. The Morgan fingerprint density at radius 2 is 1.62 bits per heavy atom. The molecule has 24 heavy (non-hydrogen) atoms. The third-order valence-corrected chi connectivity index (χ3v) is 4.98. The molecule has 1 saturated heterocycles. The lowest BCUT2D eigenvalue weighted by Crippen LogP contribution is -3.26. The van der Waals surface area contributed by atoms with E-state index < -0.39 is 0 Å². The predicted octanol–water partition coefficient (Wildman–Crippen LogP) is -4.91. The second-order valence-electron chi connectivity index (χ2n) is 6.57. The van der Waals surface area contributed by atoms with Gasteiger partial charge in [-0.25, -0.2) is 0 Å². The van der Waals surface area contributed by atoms with Gasteiger partial charge in [-0.05, 0) is 18.6 Å². The van der Waals surface area contributed by atoms with Crippen LogP contribution in [0.5, 0.6) is 0 Å². The molecule has 1 aromatic rings. The van der Waals surface area contributed by atoms with E-state index in [-0.39, 0.29) is 30.9 Å². The fraction of sp³-hybridized carbons (Fsp3) is 0.667. The first-order valence-electron chi connectivity index (χ1n) is 8.81. The van der Waals surface area contributed by atoms with E-state index in [1.807, 2.05) is 12.1 Å². The first kappa shape index (κ1) is 24.0. The average molecular weight is 398 g/mol. The summed E-state index contributed by atoms with van der Waals surface area (Å²) in [5, 5.41) is 11.0. The van der Waals surface area contributed by atoms with Crippen LogP contribution in [-0.2, 0) is 0 Å². The van der Waals surface area contributed by atoms with Crippen LogP contribution < -0.4 is 34.6 Å². The molecule has 0 amide bonds. The highest BCUT2D eigenvalue weighted by Gasteiger charge is 2.25. The molecule has 1 atom stereocenters. The van der Waals surface area contributed by atoms with Crippen LogP contribution in [0.3, 0.4) is 0 Å². The van der Waals surface area contributed by atoms with Crippen molar-refractivity contribution in [3.8, 4) is 0 Å². The second kappa shape index (κ2) is 13.2. The Kier molecular flexibility index (Phi) is 13.2. The zero-order chi connectivity index (χ0) is 15.8. The second-order valence-corrected chi connectivity index (χ2v) is 7.00. The van der Waals surface area contributed by atoms with Crippen LogP contribution in [0.2, 0.25) is 5.02 Å². The first-order valence-corrected chi connectivity index (χ1v) is 9.19. The van der Waals surface area contributed by atoms with Crippen molar-refractivity contribution in [3.05, 3.63) is 29.3 Å². The molecule has 0 aliphatic carbocycles. The number of piperazine rings is 1. The van der Waals surface area contributed by atoms with E-state index in [0.29, 0.717) is 0 Å². The van der Waals surface area contributed by atoms with Crippen molar-refractivity contribution in [3.63, 3.8) is 0 Å². The standard InChI is InChI=1S/C18H29ClN2O.2ClH/c1-2-3-4-5-6-18(22)15-20-11-13-21(14-12-20)17-9-7-16(19)8-10-17;;/h7-10,18,22H,2-6,11-15H2,1H3;2*1H. The minimum absolute atomic E-state index is 0. The molecule has 2 rings (SSSR count). The van der Waals surface area contributed by atoms with E-state index in [9.17, 15) is 5.11 Å². The number of aliphatic hydroxyl groups excluding tert-OH is 1. The first-order chi connectivity index (χ1) is 10.7. The zero-order valence-corrected chi connectivity index (χ0v) is 16.8. The lowest BCUT2D eigenvalue weighted by Gasteiger charge is -2.30. The molecule has 6 heteroatoms. The van der Waals surface area contributed by atoms with Gasteiger partial charge in [-0.15, -0.1) is 0 Å². The normalized spacial score (nSPS) is 21.5. The molecule has 0 saturated carbocycles. The van der Waals surface area contributed by atoms with Crippen LogP contribution >= 0.6 is 11.6 Å². The van der Waals surface area contributed by atoms with Crippen LogP contribution in [-0.4, -0.2) is 43.9 Å². The SMILES string of the molecule is CCCCCCC(O)C[NH+]1CC[NH+](c2ccc(Cl)cc2)CC1.[Cl-].[Cl-]. The Morgan fingerprint density at radius 1 is 1.00 bits per heavy atom. The van der Waals surface area contributed by atoms with E-state index in [2.05, 4.69) is 19.1 Å². The van der Waals surface area contributed by atoms with Crippen molar-refractivity contribution in [2.75, 3.05) is 32.7 Å². The monoisotopic (exact) mass is 396 g/mol. The van der Waals surface area contributed by atoms with E-state index in [0.717, 1.165) is 44.2 Å². The number of benzene rings is 1. The number of unbranched alkanes of at least 4 members (excludes halogenated alkanes) is 3. The Balaban J connectivity index is 0.00000264. The Hall–Kier alpha value is -0.0300. The summed E-state index contributed by atoms with van der Waals surface area (Å²) in [6, 6.07) is 8.21. The van der Waals surface area contributed by atoms with Gasteiger partial charge in [0.05, 0.1) is 0 Å². The van der Waals surface area contributed by atoms with Crippen molar-refractivity contribution >= 4 is 17.3 Å². The number of quaternary nitrogens is 2. The summed E-state index contributed by atoms with van der Waals surface area (Å²) in [6.45, 7) is 7.70. The van der Waals surface area contributed by atoms with Gasteiger partial charge >= 0.3 is 0 Å². The van der Waals surface area contributed by atoms with Crippen molar-refractivity contribution < 1.29 is 39.7 Å². The maximum atomic E-state index is 10.2. The van der Waals surface area contributed by atoms with Gasteiger partial charge in [0.2, 0.25) is 0 Å². The number of aliphatic hydroxyl groups is 1. The highest BCUT2D eigenvalue weighted by Crippen LogP contribution is 2.10. The van der Waals surface area contributed by atoms with Gasteiger partial charge < -0.3 is 34.8 Å². The van der Waals surface area contributed by atoms with Gasteiger partial charge in [0.25, 0.3) is 0 Å². The maximum absolute atomic E-state index is 10.2. The highest BCUT2D eigenvalue weighted by molar-refractivity contribution is 6.30. The molecule has 1 aliphatic heterocycles. The third kappa shape index (κ3) is 8.37. The maximum Gasteiger partial charge on any atom is 0.132 e. The summed E-state index contributed by atoms with van der Waals surface area (Å²) < 4.78 is 0. The summed E-state index contributed by atoms with van der Waals surface area (Å²) in [7, 11) is 0. The van der Waals surface area contributed by atoms with Gasteiger partial charge in [-0.1, -0.05) is 44.2 Å². The Morgan fingerprint density at radius 3 is 2.21 bits per heavy atom. The molecule has 3 N–H and O–H groups in total. The van der Waals surface area contributed by atoms with Crippen molar-refractivity contribution in [2.45, 2.75) is 45.1 Å². The number of hydrogen-bond acceptors (Lipinski definition) is 1. The lowest BCUT2D eigenvalue weighted by molar-refractivity contribution is -0.988. The fourth-order valence-corrected chi connectivity index (χ4v) is 3.45. The van der Waals surface area contributed by atoms with Gasteiger partial charge in [-0.2, -0.15) is 0 Å². The Labute approximate surface area is 164 Å². The molecule has 0 aromatic heterocycles. The molecule has 0 spiro atoms. The average Bonchev–Trinajstić information content (AvgIpc) is 2.53. The predicted molar refractivity (Wildman–Crippen MR) is 92.1 cm³/mol. The van der Waals surface area contributed by atoms with E-state index in [4.69, 9.17) is 11.6 Å². The van der Waals surface area contributed by atoms with Crippen molar-refractivity contribution in [1.29, 1.82) is 0 Å². The lowest BCUT2D eigenvalue weighted by atomic mass is 10.1. The molecular weight excluding hydrogens is 367 g/mol. The van der Waals surface area contributed by atoms with Gasteiger partial charge in [0.15, 0.2) is 0 Å². The third-order valence-electron chi connectivity index (χ3n) is 4.73. The number of nitrogens with one attached hydrogen (secondary N) is 2. The van der Waals surface area contributed by atoms with E-state index in [1.165, 1.54) is 36.3 Å². The van der Waals surface area contributed by atoms with E-state index in [1.54, 1.807) is 4.90 Å². The largest absolute Gasteiger partial charge is 1.00 e. The molecule has 140 valence electrons. The zero-order valence-electron chi connectivity index (χ0n) is 14.5. The summed E-state index contributed by atoms with van der Waals surface area (Å²) in [4.78, 5) is 3.10. The summed E-state index contributed by atoms with van der Waals surface area (Å²) in [5.41, 5.74) is 1.34. The topological polar surface area (TPSA) is 29.1 Å². The van der Waals surface area contributed by atoms with Crippen LogP contribution in [0, 0.1) is 0 Å². The van der Waals surface area contributed by atoms with E-state index >= 15 is 0 Å². The molecule has 1 unspecified atom stereocenters. The molecular formula is C18H31Cl3N2O. The molecule has 0 bridgehead atoms. The van der Waals surface area contributed by atoms with Crippen LogP contribution in [0.15, 0.2) is 24.3 Å². The molecule has 0 radical (unpaired) electrons. The van der Waals surface area contributed by atoms with Gasteiger partial charge in [-0.3, -0.25) is 4.90 Å². The minimum Gasteiger partial charge on any atom is -1.00 e. The molecule has 3 nitrogen and oxygen atoms in total.